The largest absolute Gasteiger partial charge is 0.348 e. The lowest BCUT2D eigenvalue weighted by molar-refractivity contribution is 0.157. The van der Waals surface area contributed by atoms with Crippen LogP contribution in [0.15, 0.2) is 43.1 Å². The van der Waals surface area contributed by atoms with E-state index < -0.39 is 0 Å². The second-order valence-electron chi connectivity index (χ2n) is 6.56. The van der Waals surface area contributed by atoms with Crippen LogP contribution in [0, 0.1) is 0 Å². The molecule has 3 aromatic rings. The van der Waals surface area contributed by atoms with E-state index in [9.17, 15) is 0 Å². The van der Waals surface area contributed by atoms with E-state index in [2.05, 4.69) is 48.5 Å². The molecular formula is C19H24N6. The van der Waals surface area contributed by atoms with Crippen molar-refractivity contribution in [1.29, 1.82) is 0 Å². The SMILES string of the molecule is CCCC[C@@H]1c2nc[nH]c2CCN1Cc1cccn1-c1ncccn1. The van der Waals surface area contributed by atoms with E-state index in [0.29, 0.717) is 6.04 Å². The van der Waals surface area contributed by atoms with Gasteiger partial charge in [-0.05, 0) is 24.6 Å². The van der Waals surface area contributed by atoms with Gasteiger partial charge in [0.25, 0.3) is 0 Å². The van der Waals surface area contributed by atoms with Crippen molar-refractivity contribution >= 4 is 0 Å². The Morgan fingerprint density at radius 2 is 2.08 bits per heavy atom. The second-order valence-corrected chi connectivity index (χ2v) is 6.56. The number of imidazole rings is 1. The Morgan fingerprint density at radius 3 is 2.92 bits per heavy atom. The van der Waals surface area contributed by atoms with Crippen molar-refractivity contribution in [2.45, 2.75) is 45.2 Å². The summed E-state index contributed by atoms with van der Waals surface area (Å²) in [6, 6.07) is 6.45. The molecule has 3 aromatic heterocycles. The highest BCUT2D eigenvalue weighted by Gasteiger charge is 2.29. The third kappa shape index (κ3) is 3.22. The fraction of sp³-hybridized carbons (Fsp3) is 0.421. The molecule has 0 radical (unpaired) electrons. The van der Waals surface area contributed by atoms with Crippen LogP contribution in [0.2, 0.25) is 0 Å². The first-order chi connectivity index (χ1) is 12.4. The van der Waals surface area contributed by atoms with Gasteiger partial charge in [-0.15, -0.1) is 0 Å². The van der Waals surface area contributed by atoms with Crippen molar-refractivity contribution in [2.24, 2.45) is 0 Å². The normalized spacial score (nSPS) is 17.6. The van der Waals surface area contributed by atoms with E-state index in [-0.39, 0.29) is 0 Å². The Kier molecular flexibility index (Phi) is 4.61. The maximum absolute atomic E-state index is 4.62. The average Bonchev–Trinajstić information content (AvgIpc) is 3.30. The van der Waals surface area contributed by atoms with E-state index in [1.165, 1.54) is 29.9 Å². The molecule has 6 heteroatoms. The minimum Gasteiger partial charge on any atom is -0.348 e. The summed E-state index contributed by atoms with van der Waals surface area (Å²) < 4.78 is 2.08. The maximum atomic E-state index is 4.62. The van der Waals surface area contributed by atoms with Gasteiger partial charge in [-0.25, -0.2) is 15.0 Å². The van der Waals surface area contributed by atoms with Crippen molar-refractivity contribution < 1.29 is 0 Å². The zero-order valence-corrected chi connectivity index (χ0v) is 14.6. The summed E-state index contributed by atoms with van der Waals surface area (Å²) in [5.74, 6) is 0.727. The molecule has 0 saturated heterocycles. The fourth-order valence-corrected chi connectivity index (χ4v) is 3.67. The predicted molar refractivity (Wildman–Crippen MR) is 96.3 cm³/mol. The van der Waals surface area contributed by atoms with Crippen LogP contribution in [-0.4, -0.2) is 35.9 Å². The van der Waals surface area contributed by atoms with Crippen molar-refractivity contribution in [1.82, 2.24) is 29.4 Å². The highest BCUT2D eigenvalue weighted by atomic mass is 15.2. The number of H-pyrrole nitrogens is 1. The van der Waals surface area contributed by atoms with Gasteiger partial charge in [-0.1, -0.05) is 19.8 Å². The smallest absolute Gasteiger partial charge is 0.233 e. The van der Waals surface area contributed by atoms with Crippen LogP contribution < -0.4 is 0 Å². The zero-order valence-electron chi connectivity index (χ0n) is 14.6. The lowest BCUT2D eigenvalue weighted by Crippen LogP contribution is -2.35. The van der Waals surface area contributed by atoms with Gasteiger partial charge in [-0.3, -0.25) is 9.47 Å². The van der Waals surface area contributed by atoms with Crippen LogP contribution in [0.3, 0.4) is 0 Å². The highest BCUT2D eigenvalue weighted by Crippen LogP contribution is 2.32. The van der Waals surface area contributed by atoms with Crippen molar-refractivity contribution in [2.75, 3.05) is 6.54 Å². The van der Waals surface area contributed by atoms with Gasteiger partial charge in [0.15, 0.2) is 0 Å². The van der Waals surface area contributed by atoms with Gasteiger partial charge in [-0.2, -0.15) is 0 Å². The number of hydrogen-bond donors (Lipinski definition) is 1. The predicted octanol–water partition coefficient (Wildman–Crippen LogP) is 3.28. The van der Waals surface area contributed by atoms with E-state index in [0.717, 1.165) is 31.9 Å². The third-order valence-electron chi connectivity index (χ3n) is 4.95. The molecule has 1 aliphatic rings. The molecular weight excluding hydrogens is 312 g/mol. The lowest BCUT2D eigenvalue weighted by atomic mass is 9.97. The van der Waals surface area contributed by atoms with E-state index in [1.54, 1.807) is 12.4 Å². The van der Waals surface area contributed by atoms with Crippen LogP contribution in [0.1, 0.15) is 49.3 Å². The summed E-state index contributed by atoms with van der Waals surface area (Å²) in [6.07, 6.45) is 12.1. The van der Waals surface area contributed by atoms with E-state index >= 15 is 0 Å². The molecule has 130 valence electrons. The molecule has 4 rings (SSSR count). The number of fused-ring (bicyclic) bond motifs is 1. The number of nitrogens with one attached hydrogen (secondary N) is 1. The number of hydrogen-bond acceptors (Lipinski definition) is 4. The Bertz CT molecular complexity index is 806. The minimum absolute atomic E-state index is 0.384. The fourth-order valence-electron chi connectivity index (χ4n) is 3.67. The maximum Gasteiger partial charge on any atom is 0.233 e. The molecule has 0 fully saturated rings. The number of nitrogens with zero attached hydrogens (tertiary/aromatic N) is 5. The Labute approximate surface area is 148 Å². The highest BCUT2D eigenvalue weighted by molar-refractivity contribution is 5.23. The molecule has 1 atom stereocenters. The summed E-state index contributed by atoms with van der Waals surface area (Å²) in [5.41, 5.74) is 3.75. The third-order valence-corrected chi connectivity index (χ3v) is 4.95. The van der Waals surface area contributed by atoms with Gasteiger partial charge in [0.2, 0.25) is 5.95 Å². The number of aromatic nitrogens is 5. The van der Waals surface area contributed by atoms with Crippen molar-refractivity contribution in [3.8, 4) is 5.95 Å². The monoisotopic (exact) mass is 336 g/mol. The number of unbranched alkanes of at least 4 members (excludes halogenated alkanes) is 1. The standard InChI is InChI=1S/C19H24N6/c1-2-3-7-17-18-16(22-14-23-18)8-12-24(17)13-15-6-4-11-25(15)19-20-9-5-10-21-19/h4-6,9-11,14,17H,2-3,7-8,12-13H2,1H3,(H,22,23)/t17-/m1/s1. The van der Waals surface area contributed by atoms with Crippen LogP contribution in [-0.2, 0) is 13.0 Å². The summed E-state index contributed by atoms with van der Waals surface area (Å²) in [4.78, 5) is 19.3. The molecule has 6 nitrogen and oxygen atoms in total. The summed E-state index contributed by atoms with van der Waals surface area (Å²) in [7, 11) is 0. The second kappa shape index (κ2) is 7.19. The first kappa shape index (κ1) is 16.0. The van der Waals surface area contributed by atoms with E-state index in [1.807, 2.05) is 18.6 Å². The van der Waals surface area contributed by atoms with Crippen molar-refractivity contribution in [3.05, 3.63) is 60.2 Å². The Hall–Kier alpha value is -2.47. The Morgan fingerprint density at radius 1 is 1.20 bits per heavy atom. The van der Waals surface area contributed by atoms with Crippen LogP contribution >= 0.6 is 0 Å². The lowest BCUT2D eigenvalue weighted by Gasteiger charge is -2.35. The van der Waals surface area contributed by atoms with Crippen LogP contribution in [0.25, 0.3) is 5.95 Å². The molecule has 25 heavy (non-hydrogen) atoms. The molecule has 0 saturated carbocycles. The summed E-state index contributed by atoms with van der Waals surface area (Å²) in [6.45, 7) is 4.17. The van der Waals surface area contributed by atoms with Gasteiger partial charge in [0, 0.05) is 49.5 Å². The zero-order chi connectivity index (χ0) is 17.1. The molecule has 0 amide bonds. The van der Waals surface area contributed by atoms with Gasteiger partial charge < -0.3 is 4.98 Å². The van der Waals surface area contributed by atoms with Crippen LogP contribution in [0.5, 0.6) is 0 Å². The number of aromatic amines is 1. The average molecular weight is 336 g/mol. The van der Waals surface area contributed by atoms with E-state index in [4.69, 9.17) is 0 Å². The van der Waals surface area contributed by atoms with Crippen molar-refractivity contribution in [3.63, 3.8) is 0 Å². The van der Waals surface area contributed by atoms with Gasteiger partial charge in [0.1, 0.15) is 0 Å². The van der Waals surface area contributed by atoms with Gasteiger partial charge in [0.05, 0.1) is 18.1 Å². The quantitative estimate of drug-likeness (QED) is 0.750. The minimum atomic E-state index is 0.384. The topological polar surface area (TPSA) is 62.6 Å². The molecule has 0 bridgehead atoms. The molecule has 0 unspecified atom stereocenters. The first-order valence-electron chi connectivity index (χ1n) is 9.06. The first-order valence-corrected chi connectivity index (χ1v) is 9.06. The van der Waals surface area contributed by atoms with Crippen LogP contribution in [0.4, 0.5) is 0 Å². The Balaban J connectivity index is 1.59. The summed E-state index contributed by atoms with van der Waals surface area (Å²) in [5, 5.41) is 0. The summed E-state index contributed by atoms with van der Waals surface area (Å²) >= 11 is 0. The molecule has 0 spiro atoms. The molecule has 0 aliphatic carbocycles. The molecule has 1 N–H and O–H groups in total. The number of rotatable bonds is 6. The molecule has 4 heterocycles. The molecule has 1 aliphatic heterocycles. The van der Waals surface area contributed by atoms with Gasteiger partial charge >= 0.3 is 0 Å². The molecule has 0 aromatic carbocycles.